The first-order valence-electron chi connectivity index (χ1n) is 12.8. The highest BCUT2D eigenvalue weighted by molar-refractivity contribution is 6.30. The predicted molar refractivity (Wildman–Crippen MR) is 152 cm³/mol. The molecule has 1 unspecified atom stereocenters. The maximum absolute atomic E-state index is 13.3. The van der Waals surface area contributed by atoms with Crippen LogP contribution in [0.4, 0.5) is 11.5 Å². The van der Waals surface area contributed by atoms with Gasteiger partial charge in [-0.15, -0.1) is 0 Å². The molecule has 2 aromatic heterocycles. The van der Waals surface area contributed by atoms with Gasteiger partial charge >= 0.3 is 5.69 Å². The fourth-order valence-electron chi connectivity index (χ4n) is 5.06. The van der Waals surface area contributed by atoms with E-state index in [9.17, 15) is 9.59 Å². The zero-order valence-corrected chi connectivity index (χ0v) is 22.3. The molecule has 0 saturated carbocycles. The monoisotopic (exact) mass is 533 g/mol. The van der Waals surface area contributed by atoms with Crippen molar-refractivity contribution in [3.8, 4) is 11.3 Å². The van der Waals surface area contributed by atoms with Gasteiger partial charge in [0.1, 0.15) is 23.4 Å². The van der Waals surface area contributed by atoms with E-state index in [-0.39, 0.29) is 11.7 Å². The van der Waals surface area contributed by atoms with Crippen molar-refractivity contribution in [2.45, 2.75) is 26.4 Å². The molecule has 0 aliphatic carbocycles. The number of piperazine rings is 1. The first-order valence-corrected chi connectivity index (χ1v) is 13.2. The second kappa shape index (κ2) is 10.9. The van der Waals surface area contributed by atoms with E-state index < -0.39 is 17.3 Å². The number of rotatable bonds is 7. The Labute approximate surface area is 226 Å². The van der Waals surface area contributed by atoms with Gasteiger partial charge in [-0.25, -0.2) is 4.79 Å². The summed E-state index contributed by atoms with van der Waals surface area (Å²) in [5.41, 5.74) is 7.95. The number of halogens is 1. The van der Waals surface area contributed by atoms with E-state index >= 15 is 0 Å². The molecule has 0 amide bonds. The summed E-state index contributed by atoms with van der Waals surface area (Å²) in [7, 11) is 0. The van der Waals surface area contributed by atoms with Gasteiger partial charge in [-0.1, -0.05) is 43.6 Å². The Bertz CT molecular complexity index is 1500. The lowest BCUT2D eigenvalue weighted by molar-refractivity contribution is 0.191. The molecule has 1 fully saturated rings. The van der Waals surface area contributed by atoms with Crippen molar-refractivity contribution < 1.29 is 4.42 Å². The maximum atomic E-state index is 13.3. The van der Waals surface area contributed by atoms with Crippen molar-refractivity contribution in [2.75, 3.05) is 36.8 Å². The molecule has 1 saturated heterocycles. The van der Waals surface area contributed by atoms with E-state index in [0.29, 0.717) is 41.7 Å². The Kier molecular flexibility index (Phi) is 7.44. The van der Waals surface area contributed by atoms with Crippen LogP contribution in [-0.4, -0.2) is 40.6 Å². The summed E-state index contributed by atoms with van der Waals surface area (Å²) in [5, 5.41) is 0.640. The molecule has 1 atom stereocenters. The average Bonchev–Trinajstić information content (AvgIpc) is 3.40. The predicted octanol–water partition coefficient (Wildman–Crippen LogP) is 4.60. The van der Waals surface area contributed by atoms with Crippen LogP contribution in [-0.2, 0) is 6.54 Å². The largest absolute Gasteiger partial charge is 0.459 e. The van der Waals surface area contributed by atoms with Gasteiger partial charge < -0.3 is 15.1 Å². The van der Waals surface area contributed by atoms with Crippen LogP contribution in [0.3, 0.4) is 0 Å². The number of anilines is 2. The van der Waals surface area contributed by atoms with Crippen molar-refractivity contribution >= 4 is 23.1 Å². The number of hydrogen-bond donors (Lipinski definition) is 2. The van der Waals surface area contributed by atoms with E-state index in [1.807, 2.05) is 68.4 Å². The van der Waals surface area contributed by atoms with E-state index in [1.54, 1.807) is 0 Å². The fourth-order valence-corrected chi connectivity index (χ4v) is 5.19. The van der Waals surface area contributed by atoms with Crippen LogP contribution in [0.25, 0.3) is 11.3 Å². The average molecular weight is 534 g/mol. The summed E-state index contributed by atoms with van der Waals surface area (Å²) in [6, 6.07) is 20.9. The summed E-state index contributed by atoms with van der Waals surface area (Å²) in [6.45, 7) is 7.31. The highest BCUT2D eigenvalue weighted by Gasteiger charge is 2.33. The smallest absolute Gasteiger partial charge is 0.329 e. The molecular formula is C29H32ClN5O3. The van der Waals surface area contributed by atoms with Crippen molar-refractivity contribution in [3.05, 3.63) is 104 Å². The molecule has 3 N–H and O–H groups in total. The Morgan fingerprint density at radius 3 is 2.29 bits per heavy atom. The van der Waals surface area contributed by atoms with Crippen LogP contribution in [0.2, 0.25) is 5.02 Å². The van der Waals surface area contributed by atoms with Crippen LogP contribution in [0.5, 0.6) is 0 Å². The van der Waals surface area contributed by atoms with Gasteiger partial charge in [0.05, 0.1) is 5.56 Å². The summed E-state index contributed by atoms with van der Waals surface area (Å²) in [5.74, 6) is 1.60. The highest BCUT2D eigenvalue weighted by Crippen LogP contribution is 2.35. The molecule has 9 heteroatoms. The third-order valence-electron chi connectivity index (χ3n) is 6.92. The molecule has 0 radical (unpaired) electrons. The van der Waals surface area contributed by atoms with Gasteiger partial charge in [0.2, 0.25) is 0 Å². The molecule has 198 valence electrons. The number of nitrogens with one attached hydrogen (secondary N) is 1. The lowest BCUT2D eigenvalue weighted by atomic mass is 10.0. The van der Waals surface area contributed by atoms with Crippen LogP contribution in [0.1, 0.15) is 31.2 Å². The van der Waals surface area contributed by atoms with E-state index in [0.717, 1.165) is 24.3 Å². The lowest BCUT2D eigenvalue weighted by Crippen LogP contribution is -2.49. The van der Waals surface area contributed by atoms with Gasteiger partial charge in [-0.2, -0.15) is 0 Å². The highest BCUT2D eigenvalue weighted by atomic mass is 35.5. The van der Waals surface area contributed by atoms with Gasteiger partial charge in [0.25, 0.3) is 5.56 Å². The quantitative estimate of drug-likeness (QED) is 0.360. The second-order valence-electron chi connectivity index (χ2n) is 10.0. The summed E-state index contributed by atoms with van der Waals surface area (Å²) >= 11 is 6.07. The fraction of sp³-hybridized carbons (Fsp3) is 0.310. The molecule has 8 nitrogen and oxygen atoms in total. The first-order chi connectivity index (χ1) is 18.3. The molecule has 5 rings (SSSR count). The molecule has 0 spiro atoms. The normalized spacial score (nSPS) is 15.2. The molecule has 1 aliphatic rings. The Balaban J connectivity index is 1.55. The third kappa shape index (κ3) is 5.28. The first kappa shape index (κ1) is 25.9. The molecule has 38 heavy (non-hydrogen) atoms. The third-order valence-corrected chi connectivity index (χ3v) is 7.18. The van der Waals surface area contributed by atoms with E-state index in [2.05, 4.69) is 26.9 Å². The lowest BCUT2D eigenvalue weighted by Gasteiger charge is -2.39. The van der Waals surface area contributed by atoms with Crippen LogP contribution < -0.4 is 21.9 Å². The molecule has 4 aromatic rings. The zero-order chi connectivity index (χ0) is 26.8. The second-order valence-corrected chi connectivity index (χ2v) is 10.5. The summed E-state index contributed by atoms with van der Waals surface area (Å²) in [6.07, 6.45) is 0. The van der Waals surface area contributed by atoms with Crippen molar-refractivity contribution in [1.29, 1.82) is 0 Å². The SMILES string of the molecule is CC(C)Cn1c(N)c(C(c2ccc(-c3ccc(Cl)cc3)o2)N2CCN(c3ccccc3)CC2)c(=O)[nH]c1=O. The number of para-hydroxylation sites is 1. The topological polar surface area (TPSA) is 100 Å². The molecule has 2 aromatic carbocycles. The summed E-state index contributed by atoms with van der Waals surface area (Å²) in [4.78, 5) is 33.0. The minimum Gasteiger partial charge on any atom is -0.459 e. The number of aromatic amines is 1. The minimum atomic E-state index is -0.559. The van der Waals surface area contributed by atoms with Crippen molar-refractivity contribution in [2.24, 2.45) is 5.92 Å². The van der Waals surface area contributed by atoms with E-state index in [1.165, 1.54) is 4.57 Å². The number of benzene rings is 2. The molecule has 3 heterocycles. The Morgan fingerprint density at radius 1 is 0.947 bits per heavy atom. The molecule has 0 bridgehead atoms. The number of hydrogen-bond acceptors (Lipinski definition) is 6. The van der Waals surface area contributed by atoms with Crippen LogP contribution >= 0.6 is 11.6 Å². The molecular weight excluding hydrogens is 502 g/mol. The van der Waals surface area contributed by atoms with E-state index in [4.69, 9.17) is 21.8 Å². The number of nitrogen functional groups attached to an aromatic ring is 1. The van der Waals surface area contributed by atoms with Crippen LogP contribution in [0.15, 0.2) is 80.7 Å². The summed E-state index contributed by atoms with van der Waals surface area (Å²) < 4.78 is 7.81. The van der Waals surface area contributed by atoms with Crippen molar-refractivity contribution in [1.82, 2.24) is 14.5 Å². The van der Waals surface area contributed by atoms with Crippen LogP contribution in [0, 0.1) is 5.92 Å². The Morgan fingerprint density at radius 2 is 1.63 bits per heavy atom. The minimum absolute atomic E-state index is 0.168. The van der Waals surface area contributed by atoms with Gasteiger partial charge in [0.15, 0.2) is 0 Å². The Hall–Kier alpha value is -3.75. The number of nitrogens with zero attached hydrogens (tertiary/aromatic N) is 3. The van der Waals surface area contributed by atoms with Gasteiger partial charge in [-0.3, -0.25) is 19.2 Å². The molecule has 1 aliphatic heterocycles. The number of aromatic nitrogens is 2. The van der Waals surface area contributed by atoms with Gasteiger partial charge in [-0.05, 0) is 54.4 Å². The number of nitrogens with two attached hydrogens (primary N) is 1. The number of H-pyrrole nitrogens is 1. The van der Waals surface area contributed by atoms with Gasteiger partial charge in [0, 0.05) is 49.0 Å². The maximum Gasteiger partial charge on any atom is 0.329 e. The standard InChI is InChI=1S/C29H32ClN5O3/c1-19(2)18-35-27(31)25(28(36)32-29(35)37)26(24-13-12-23(38-24)20-8-10-21(30)11-9-20)34-16-14-33(15-17-34)22-6-4-3-5-7-22/h3-13,19,26H,14-18,31H2,1-2H3,(H,32,36,37). The number of furan rings is 1. The zero-order valence-electron chi connectivity index (χ0n) is 21.6. The van der Waals surface area contributed by atoms with Crippen molar-refractivity contribution in [3.63, 3.8) is 0 Å².